The van der Waals surface area contributed by atoms with E-state index in [0.717, 1.165) is 10.0 Å². The number of ether oxygens (including phenoxy) is 2. The summed E-state index contributed by atoms with van der Waals surface area (Å²) in [6.07, 6.45) is 0. The van der Waals surface area contributed by atoms with Crippen LogP contribution in [0.1, 0.15) is 22.8 Å². The summed E-state index contributed by atoms with van der Waals surface area (Å²) in [6, 6.07) is 3.56. The van der Waals surface area contributed by atoms with Gasteiger partial charge in [-0.05, 0) is 26.0 Å². The molecule has 4 heteroatoms. The number of esters is 1. The van der Waals surface area contributed by atoms with Gasteiger partial charge in [-0.2, -0.15) is 0 Å². The first-order chi connectivity index (χ1) is 7.10. The van der Waals surface area contributed by atoms with E-state index in [0.29, 0.717) is 17.9 Å². The number of carbonyl (C=O) groups excluding carboxylic acids is 1. The molecule has 15 heavy (non-hydrogen) atoms. The number of hydrogen-bond donors (Lipinski definition) is 0. The average molecular weight is 273 g/mol. The molecule has 0 unspecified atom stereocenters. The zero-order valence-electron chi connectivity index (χ0n) is 8.96. The standard InChI is InChI=1S/C11H13BrO3/c1-4-15-10-6-8(12)5-9(7(10)2)11(13)14-3/h5-6H,4H2,1-3H3. The Labute approximate surface area is 97.5 Å². The molecule has 3 nitrogen and oxygen atoms in total. The van der Waals surface area contributed by atoms with Gasteiger partial charge < -0.3 is 9.47 Å². The second-order valence-corrected chi connectivity index (χ2v) is 3.92. The van der Waals surface area contributed by atoms with E-state index in [-0.39, 0.29) is 5.97 Å². The molecule has 1 rings (SSSR count). The second-order valence-electron chi connectivity index (χ2n) is 3.00. The van der Waals surface area contributed by atoms with Crippen LogP contribution in [0.3, 0.4) is 0 Å². The maximum absolute atomic E-state index is 11.4. The molecule has 1 aromatic rings. The summed E-state index contributed by atoms with van der Waals surface area (Å²) in [5, 5.41) is 0. The fraction of sp³-hybridized carbons (Fsp3) is 0.364. The molecule has 0 saturated heterocycles. The van der Waals surface area contributed by atoms with Crippen LogP contribution in [0.15, 0.2) is 16.6 Å². The van der Waals surface area contributed by atoms with Crippen LogP contribution < -0.4 is 4.74 Å². The minimum Gasteiger partial charge on any atom is -0.494 e. The minimum atomic E-state index is -0.352. The van der Waals surface area contributed by atoms with Crippen molar-refractivity contribution in [3.63, 3.8) is 0 Å². The maximum Gasteiger partial charge on any atom is 0.338 e. The van der Waals surface area contributed by atoms with Crippen LogP contribution in [-0.4, -0.2) is 19.7 Å². The molecule has 0 atom stereocenters. The summed E-state index contributed by atoms with van der Waals surface area (Å²) in [5.41, 5.74) is 1.32. The summed E-state index contributed by atoms with van der Waals surface area (Å²) in [5.74, 6) is 0.349. The molecule has 0 heterocycles. The second kappa shape index (κ2) is 5.16. The molecule has 0 aromatic heterocycles. The van der Waals surface area contributed by atoms with Gasteiger partial charge in [0.1, 0.15) is 5.75 Å². The Morgan fingerprint density at radius 1 is 1.47 bits per heavy atom. The van der Waals surface area contributed by atoms with Crippen LogP contribution in [0.2, 0.25) is 0 Å². The largest absolute Gasteiger partial charge is 0.494 e. The van der Waals surface area contributed by atoms with Gasteiger partial charge in [-0.25, -0.2) is 4.79 Å². The Hall–Kier alpha value is -1.03. The third kappa shape index (κ3) is 2.72. The first-order valence-corrected chi connectivity index (χ1v) is 5.40. The lowest BCUT2D eigenvalue weighted by Gasteiger charge is -2.11. The highest BCUT2D eigenvalue weighted by molar-refractivity contribution is 9.10. The van der Waals surface area contributed by atoms with E-state index in [1.807, 2.05) is 19.9 Å². The number of methoxy groups -OCH3 is 1. The molecule has 0 aliphatic heterocycles. The molecule has 0 saturated carbocycles. The van der Waals surface area contributed by atoms with Gasteiger partial charge in [0.2, 0.25) is 0 Å². The van der Waals surface area contributed by atoms with Crippen molar-refractivity contribution >= 4 is 21.9 Å². The molecule has 0 bridgehead atoms. The molecule has 0 N–H and O–H groups in total. The van der Waals surface area contributed by atoms with Crippen molar-refractivity contribution in [1.29, 1.82) is 0 Å². The van der Waals surface area contributed by atoms with Gasteiger partial charge in [-0.3, -0.25) is 0 Å². The quantitative estimate of drug-likeness (QED) is 0.794. The van der Waals surface area contributed by atoms with Gasteiger partial charge in [0.05, 0.1) is 19.3 Å². The van der Waals surface area contributed by atoms with Crippen molar-refractivity contribution in [1.82, 2.24) is 0 Å². The van der Waals surface area contributed by atoms with E-state index in [2.05, 4.69) is 20.7 Å². The van der Waals surface area contributed by atoms with E-state index in [1.54, 1.807) is 6.07 Å². The van der Waals surface area contributed by atoms with Crippen LogP contribution in [0.4, 0.5) is 0 Å². The van der Waals surface area contributed by atoms with E-state index in [9.17, 15) is 4.79 Å². The summed E-state index contributed by atoms with van der Waals surface area (Å²) >= 11 is 3.33. The van der Waals surface area contributed by atoms with Crippen LogP contribution in [0, 0.1) is 6.92 Å². The maximum atomic E-state index is 11.4. The van der Waals surface area contributed by atoms with Gasteiger partial charge in [-0.1, -0.05) is 15.9 Å². The van der Waals surface area contributed by atoms with Crippen molar-refractivity contribution in [2.24, 2.45) is 0 Å². The first kappa shape index (κ1) is 12.0. The highest BCUT2D eigenvalue weighted by atomic mass is 79.9. The van der Waals surface area contributed by atoms with Crippen molar-refractivity contribution in [2.75, 3.05) is 13.7 Å². The number of halogens is 1. The number of carbonyl (C=O) groups is 1. The average Bonchev–Trinajstić information content (AvgIpc) is 2.22. The number of benzene rings is 1. The molecular weight excluding hydrogens is 260 g/mol. The third-order valence-corrected chi connectivity index (χ3v) is 2.49. The van der Waals surface area contributed by atoms with Crippen LogP contribution in [0.25, 0.3) is 0 Å². The summed E-state index contributed by atoms with van der Waals surface area (Å²) in [6.45, 7) is 4.31. The normalized spacial score (nSPS) is 9.87. The molecule has 1 aromatic carbocycles. The molecule has 0 aliphatic rings. The fourth-order valence-electron chi connectivity index (χ4n) is 1.28. The Balaban J connectivity index is 3.21. The molecule has 82 valence electrons. The molecule has 0 fully saturated rings. The Bertz CT molecular complexity index is 374. The van der Waals surface area contributed by atoms with Crippen molar-refractivity contribution in [2.45, 2.75) is 13.8 Å². The SMILES string of the molecule is CCOc1cc(Br)cc(C(=O)OC)c1C. The van der Waals surface area contributed by atoms with Crippen molar-refractivity contribution in [3.05, 3.63) is 27.7 Å². The third-order valence-electron chi connectivity index (χ3n) is 2.03. The molecule has 0 aliphatic carbocycles. The van der Waals surface area contributed by atoms with Gasteiger partial charge in [0.15, 0.2) is 0 Å². The summed E-state index contributed by atoms with van der Waals surface area (Å²) < 4.78 is 10.9. The molecule has 0 amide bonds. The van der Waals surface area contributed by atoms with Gasteiger partial charge >= 0.3 is 5.97 Å². The monoisotopic (exact) mass is 272 g/mol. The lowest BCUT2D eigenvalue weighted by Crippen LogP contribution is -2.06. The topological polar surface area (TPSA) is 35.5 Å². The molecular formula is C11H13BrO3. The summed E-state index contributed by atoms with van der Waals surface area (Å²) in [4.78, 5) is 11.4. The molecule has 0 radical (unpaired) electrons. The lowest BCUT2D eigenvalue weighted by atomic mass is 10.1. The highest BCUT2D eigenvalue weighted by Gasteiger charge is 2.14. The van der Waals surface area contributed by atoms with E-state index < -0.39 is 0 Å². The van der Waals surface area contributed by atoms with Gasteiger partial charge in [0.25, 0.3) is 0 Å². The van der Waals surface area contributed by atoms with Crippen LogP contribution in [0.5, 0.6) is 5.75 Å². The minimum absolute atomic E-state index is 0.352. The number of rotatable bonds is 3. The van der Waals surface area contributed by atoms with Crippen LogP contribution in [-0.2, 0) is 4.74 Å². The van der Waals surface area contributed by atoms with E-state index in [1.165, 1.54) is 7.11 Å². The summed E-state index contributed by atoms with van der Waals surface area (Å²) in [7, 11) is 1.36. The van der Waals surface area contributed by atoms with Crippen molar-refractivity contribution < 1.29 is 14.3 Å². The Kier molecular flexibility index (Phi) is 4.15. The number of hydrogen-bond acceptors (Lipinski definition) is 3. The highest BCUT2D eigenvalue weighted by Crippen LogP contribution is 2.27. The smallest absolute Gasteiger partial charge is 0.338 e. The zero-order valence-corrected chi connectivity index (χ0v) is 10.6. The Morgan fingerprint density at radius 3 is 2.67 bits per heavy atom. The Morgan fingerprint density at radius 2 is 2.13 bits per heavy atom. The van der Waals surface area contributed by atoms with Gasteiger partial charge in [-0.15, -0.1) is 0 Å². The first-order valence-electron chi connectivity index (χ1n) is 4.61. The molecule has 0 spiro atoms. The van der Waals surface area contributed by atoms with E-state index >= 15 is 0 Å². The fourth-order valence-corrected chi connectivity index (χ4v) is 1.72. The van der Waals surface area contributed by atoms with Gasteiger partial charge in [0, 0.05) is 10.0 Å². The zero-order chi connectivity index (χ0) is 11.4. The lowest BCUT2D eigenvalue weighted by molar-refractivity contribution is 0.0599. The predicted octanol–water partition coefficient (Wildman–Crippen LogP) is 2.94. The van der Waals surface area contributed by atoms with E-state index in [4.69, 9.17) is 4.74 Å². The van der Waals surface area contributed by atoms with Crippen molar-refractivity contribution in [3.8, 4) is 5.75 Å². The predicted molar refractivity (Wildman–Crippen MR) is 61.4 cm³/mol. The van der Waals surface area contributed by atoms with Crippen LogP contribution >= 0.6 is 15.9 Å².